The molecule has 0 aliphatic rings. The molecule has 104 valence electrons. The minimum atomic E-state index is -4.37. The standard InChI is InChI=1S/C7H13N2O7PS/c1-7(2-5-18(12,13)14)15-17(10,11)16-9-4-3-8-6-9/h3-4,6-7H,2,5H2,1H3,(H,10,11)(H,12,13,14). The van der Waals surface area contributed by atoms with Crippen molar-refractivity contribution in [3.05, 3.63) is 18.7 Å². The van der Waals surface area contributed by atoms with Gasteiger partial charge < -0.3 is 4.62 Å². The second-order valence-electron chi connectivity index (χ2n) is 3.46. The molecular weight excluding hydrogens is 287 g/mol. The van der Waals surface area contributed by atoms with Crippen molar-refractivity contribution in [1.29, 1.82) is 0 Å². The summed E-state index contributed by atoms with van der Waals surface area (Å²) in [6.45, 7) is 1.38. The van der Waals surface area contributed by atoms with Crippen LogP contribution in [0.4, 0.5) is 0 Å². The van der Waals surface area contributed by atoms with Crippen molar-refractivity contribution >= 4 is 17.9 Å². The lowest BCUT2D eigenvalue weighted by Crippen LogP contribution is -2.17. The third kappa shape index (κ3) is 6.12. The van der Waals surface area contributed by atoms with E-state index in [1.807, 2.05) is 0 Å². The lowest BCUT2D eigenvalue weighted by Gasteiger charge is -2.16. The summed E-state index contributed by atoms with van der Waals surface area (Å²) in [6, 6.07) is 0. The van der Waals surface area contributed by atoms with E-state index in [2.05, 4.69) is 14.1 Å². The molecule has 11 heteroatoms. The molecule has 0 aromatic carbocycles. The van der Waals surface area contributed by atoms with Gasteiger partial charge in [0.2, 0.25) is 0 Å². The lowest BCUT2D eigenvalue weighted by molar-refractivity contribution is 0.103. The summed E-state index contributed by atoms with van der Waals surface area (Å²) in [5.41, 5.74) is 0. The van der Waals surface area contributed by atoms with Gasteiger partial charge in [0, 0.05) is 6.20 Å². The van der Waals surface area contributed by atoms with Gasteiger partial charge in [-0.15, -0.1) is 0 Å². The van der Waals surface area contributed by atoms with Gasteiger partial charge in [0.15, 0.2) is 0 Å². The fraction of sp³-hybridized carbons (Fsp3) is 0.571. The van der Waals surface area contributed by atoms with Crippen molar-refractivity contribution in [2.45, 2.75) is 19.4 Å². The Morgan fingerprint density at radius 2 is 2.22 bits per heavy atom. The summed E-state index contributed by atoms with van der Waals surface area (Å²) in [5, 5.41) is 0. The first-order valence-electron chi connectivity index (χ1n) is 4.82. The molecule has 0 saturated heterocycles. The summed E-state index contributed by atoms with van der Waals surface area (Å²) in [5.74, 6) is -0.570. The lowest BCUT2D eigenvalue weighted by atomic mass is 10.3. The number of phosphoric acid groups is 1. The molecule has 2 N–H and O–H groups in total. The van der Waals surface area contributed by atoms with E-state index in [0.29, 0.717) is 0 Å². The van der Waals surface area contributed by atoms with E-state index >= 15 is 0 Å². The Kier molecular flexibility index (Phi) is 4.88. The number of phosphoric ester groups is 1. The van der Waals surface area contributed by atoms with E-state index in [0.717, 1.165) is 11.1 Å². The molecule has 0 fully saturated rings. The minimum absolute atomic E-state index is 0.142. The van der Waals surface area contributed by atoms with E-state index in [4.69, 9.17) is 4.55 Å². The molecule has 0 radical (unpaired) electrons. The number of nitrogens with zero attached hydrogens (tertiary/aromatic N) is 2. The van der Waals surface area contributed by atoms with Crippen LogP contribution in [0.1, 0.15) is 13.3 Å². The van der Waals surface area contributed by atoms with Gasteiger partial charge in [-0.05, 0) is 13.3 Å². The maximum atomic E-state index is 11.5. The summed E-state index contributed by atoms with van der Waals surface area (Å²) in [4.78, 5) is 12.9. The first-order valence-corrected chi connectivity index (χ1v) is 7.93. The SMILES string of the molecule is CC(CCS(=O)(=O)O)OP(=O)(O)On1ccnc1. The third-order valence-corrected chi connectivity index (χ3v) is 3.55. The molecule has 0 spiro atoms. The largest absolute Gasteiger partial charge is 0.546 e. The molecule has 0 aliphatic heterocycles. The van der Waals surface area contributed by atoms with E-state index in [-0.39, 0.29) is 6.42 Å². The Morgan fingerprint density at radius 3 is 2.72 bits per heavy atom. The van der Waals surface area contributed by atoms with E-state index < -0.39 is 29.8 Å². The van der Waals surface area contributed by atoms with Crippen molar-refractivity contribution in [1.82, 2.24) is 9.71 Å². The molecule has 1 aromatic heterocycles. The molecular formula is C7H13N2O7PS. The Balaban J connectivity index is 2.47. The summed E-state index contributed by atoms with van der Waals surface area (Å²) in [7, 11) is -8.50. The van der Waals surface area contributed by atoms with E-state index in [9.17, 15) is 17.9 Å². The van der Waals surface area contributed by atoms with Crippen molar-refractivity contribution in [3.63, 3.8) is 0 Å². The van der Waals surface area contributed by atoms with Gasteiger partial charge in [0.05, 0.1) is 18.1 Å². The zero-order valence-corrected chi connectivity index (χ0v) is 11.1. The van der Waals surface area contributed by atoms with Crippen molar-refractivity contribution in [3.8, 4) is 0 Å². The molecule has 9 nitrogen and oxygen atoms in total. The summed E-state index contributed by atoms with van der Waals surface area (Å²) in [6.07, 6.45) is 2.74. The first kappa shape index (κ1) is 15.1. The monoisotopic (exact) mass is 300 g/mol. The van der Waals surface area contributed by atoms with Gasteiger partial charge in [-0.3, -0.25) is 14.0 Å². The molecule has 0 amide bonds. The second-order valence-corrected chi connectivity index (χ2v) is 6.35. The van der Waals surface area contributed by atoms with Crippen molar-refractivity contribution in [2.75, 3.05) is 5.75 Å². The predicted molar refractivity (Wildman–Crippen MR) is 60.2 cm³/mol. The van der Waals surface area contributed by atoms with Crippen LogP contribution in [0.15, 0.2) is 18.7 Å². The van der Waals surface area contributed by atoms with Gasteiger partial charge >= 0.3 is 7.82 Å². The Labute approximate surface area is 104 Å². The van der Waals surface area contributed by atoms with Crippen LogP contribution in [0.3, 0.4) is 0 Å². The zero-order chi connectivity index (χ0) is 13.8. The maximum absolute atomic E-state index is 11.5. The molecule has 18 heavy (non-hydrogen) atoms. The minimum Gasteiger partial charge on any atom is -0.310 e. The number of hydrogen-bond donors (Lipinski definition) is 2. The second kappa shape index (κ2) is 5.81. The zero-order valence-electron chi connectivity index (χ0n) is 9.41. The van der Waals surface area contributed by atoms with Gasteiger partial charge in [-0.1, -0.05) is 0 Å². The smallest absolute Gasteiger partial charge is 0.310 e. The van der Waals surface area contributed by atoms with Crippen LogP contribution in [0, 0.1) is 0 Å². The highest BCUT2D eigenvalue weighted by Gasteiger charge is 2.27. The van der Waals surface area contributed by atoms with Crippen molar-refractivity contribution < 1.29 is 31.6 Å². The Hall–Kier alpha value is -0.930. The molecule has 0 saturated carbocycles. The van der Waals surface area contributed by atoms with Crippen LogP contribution < -0.4 is 4.62 Å². The fourth-order valence-corrected chi connectivity index (χ4v) is 2.59. The summed E-state index contributed by atoms with van der Waals surface area (Å²) < 4.78 is 51.1. The van der Waals surface area contributed by atoms with Crippen LogP contribution >= 0.6 is 7.82 Å². The molecule has 2 unspecified atom stereocenters. The van der Waals surface area contributed by atoms with Gasteiger partial charge in [-0.2, -0.15) is 13.1 Å². The van der Waals surface area contributed by atoms with Crippen LogP contribution in [-0.4, -0.2) is 39.4 Å². The molecule has 0 bridgehead atoms. The van der Waals surface area contributed by atoms with Gasteiger partial charge in [0.1, 0.15) is 6.33 Å². The maximum Gasteiger partial charge on any atom is 0.546 e. The van der Waals surface area contributed by atoms with Crippen molar-refractivity contribution in [2.24, 2.45) is 0 Å². The summed E-state index contributed by atoms with van der Waals surface area (Å²) >= 11 is 0. The Bertz CT molecular complexity index is 514. The Morgan fingerprint density at radius 1 is 1.56 bits per heavy atom. The normalized spacial score (nSPS) is 17.1. The highest BCUT2D eigenvalue weighted by atomic mass is 32.2. The van der Waals surface area contributed by atoms with Crippen LogP contribution in [0.5, 0.6) is 0 Å². The highest BCUT2D eigenvalue weighted by molar-refractivity contribution is 7.85. The number of rotatable bonds is 7. The molecule has 1 rings (SSSR count). The van der Waals surface area contributed by atoms with Crippen LogP contribution in [0.2, 0.25) is 0 Å². The first-order chi connectivity index (χ1) is 8.18. The molecule has 1 heterocycles. The van der Waals surface area contributed by atoms with E-state index in [1.165, 1.54) is 19.3 Å². The number of hydrogen-bond acceptors (Lipinski definition) is 6. The average molecular weight is 300 g/mol. The molecule has 0 aliphatic carbocycles. The van der Waals surface area contributed by atoms with Crippen LogP contribution in [-0.2, 0) is 19.2 Å². The van der Waals surface area contributed by atoms with Crippen LogP contribution in [0.25, 0.3) is 0 Å². The van der Waals surface area contributed by atoms with Gasteiger partial charge in [0.25, 0.3) is 10.1 Å². The topological polar surface area (TPSA) is 128 Å². The fourth-order valence-electron chi connectivity index (χ4n) is 1.03. The highest BCUT2D eigenvalue weighted by Crippen LogP contribution is 2.41. The van der Waals surface area contributed by atoms with Gasteiger partial charge in [-0.25, -0.2) is 9.55 Å². The average Bonchev–Trinajstić information content (AvgIpc) is 2.64. The third-order valence-electron chi connectivity index (χ3n) is 1.77. The van der Waals surface area contributed by atoms with E-state index in [1.54, 1.807) is 0 Å². The quantitative estimate of drug-likeness (QED) is 0.535. The molecule has 1 aromatic rings. The predicted octanol–water partition coefficient (Wildman–Crippen LogP) is 0.0951. The number of aromatic nitrogens is 2. The molecule has 2 atom stereocenters. The number of imidazole rings is 1.